The Balaban J connectivity index is 2.67. The molecule has 0 saturated heterocycles. The molecule has 8 heteroatoms. The second kappa shape index (κ2) is 6.26. The number of nitrogens with one attached hydrogen (secondary N) is 1. The SMILES string of the molecule is OC[C@@H](O)CNc1ccc(OC(F)(F)F)c(Br)c1. The molecule has 0 heterocycles. The van der Waals surface area contributed by atoms with Gasteiger partial charge in [0.2, 0.25) is 0 Å². The summed E-state index contributed by atoms with van der Waals surface area (Å²) in [5.74, 6) is -0.351. The minimum Gasteiger partial charge on any atom is -0.405 e. The van der Waals surface area contributed by atoms with E-state index in [1.54, 1.807) is 0 Å². The fourth-order valence-electron chi connectivity index (χ4n) is 1.12. The molecule has 0 fully saturated rings. The van der Waals surface area contributed by atoms with Gasteiger partial charge in [-0.1, -0.05) is 0 Å². The van der Waals surface area contributed by atoms with E-state index in [0.717, 1.165) is 6.07 Å². The zero-order chi connectivity index (χ0) is 13.8. The highest BCUT2D eigenvalue weighted by atomic mass is 79.9. The smallest absolute Gasteiger partial charge is 0.405 e. The largest absolute Gasteiger partial charge is 0.573 e. The van der Waals surface area contributed by atoms with Crippen molar-refractivity contribution in [2.75, 3.05) is 18.5 Å². The van der Waals surface area contributed by atoms with Gasteiger partial charge in [0.25, 0.3) is 0 Å². The number of hydrogen-bond acceptors (Lipinski definition) is 4. The number of hydrogen-bond donors (Lipinski definition) is 3. The molecule has 1 atom stereocenters. The molecule has 102 valence electrons. The summed E-state index contributed by atoms with van der Waals surface area (Å²) in [6.45, 7) is -0.314. The van der Waals surface area contributed by atoms with Crippen LogP contribution in [0, 0.1) is 0 Å². The Hall–Kier alpha value is -0.990. The average Bonchev–Trinajstić information content (AvgIpc) is 2.27. The molecule has 0 unspecified atom stereocenters. The van der Waals surface area contributed by atoms with Crippen LogP contribution in [0.5, 0.6) is 5.75 Å². The van der Waals surface area contributed by atoms with Gasteiger partial charge < -0.3 is 20.3 Å². The predicted octanol–water partition coefficient (Wildman–Crippen LogP) is 2.11. The maximum atomic E-state index is 12.0. The minimum absolute atomic E-state index is 0.0857. The lowest BCUT2D eigenvalue weighted by molar-refractivity contribution is -0.274. The highest BCUT2D eigenvalue weighted by Gasteiger charge is 2.31. The van der Waals surface area contributed by atoms with Crippen LogP contribution < -0.4 is 10.1 Å². The van der Waals surface area contributed by atoms with Crippen molar-refractivity contribution in [2.45, 2.75) is 12.5 Å². The zero-order valence-corrected chi connectivity index (χ0v) is 10.6. The van der Waals surface area contributed by atoms with Crippen LogP contribution in [0.15, 0.2) is 22.7 Å². The number of alkyl halides is 3. The molecular weight excluding hydrogens is 319 g/mol. The molecule has 0 aliphatic heterocycles. The van der Waals surface area contributed by atoms with Gasteiger partial charge in [0, 0.05) is 12.2 Å². The Morgan fingerprint density at radius 3 is 2.56 bits per heavy atom. The first-order chi connectivity index (χ1) is 8.31. The number of rotatable bonds is 5. The van der Waals surface area contributed by atoms with Crippen molar-refractivity contribution in [2.24, 2.45) is 0 Å². The Labute approximate surface area is 110 Å². The molecule has 0 amide bonds. The maximum Gasteiger partial charge on any atom is 0.573 e. The van der Waals surface area contributed by atoms with Crippen molar-refractivity contribution >= 4 is 21.6 Å². The molecule has 0 radical (unpaired) electrons. The summed E-state index contributed by atoms with van der Waals surface area (Å²) in [6, 6.07) is 3.90. The van der Waals surface area contributed by atoms with Gasteiger partial charge >= 0.3 is 6.36 Å². The summed E-state index contributed by atoms with van der Waals surface area (Å²) >= 11 is 2.95. The molecule has 0 aliphatic rings. The molecule has 18 heavy (non-hydrogen) atoms. The summed E-state index contributed by atoms with van der Waals surface area (Å²) in [4.78, 5) is 0. The van der Waals surface area contributed by atoms with Crippen LogP contribution in [0.2, 0.25) is 0 Å². The fraction of sp³-hybridized carbons (Fsp3) is 0.400. The van der Waals surface area contributed by atoms with Gasteiger partial charge in [-0.3, -0.25) is 0 Å². The summed E-state index contributed by atoms with van der Waals surface area (Å²) in [5, 5.41) is 20.4. The first kappa shape index (κ1) is 15.1. The second-order valence-electron chi connectivity index (χ2n) is 3.41. The summed E-state index contributed by atoms with van der Waals surface area (Å²) in [6.07, 6.45) is -5.68. The number of ether oxygens (including phenoxy) is 1. The maximum absolute atomic E-state index is 12.0. The van der Waals surface area contributed by atoms with Gasteiger partial charge in [-0.05, 0) is 34.1 Å². The first-order valence-corrected chi connectivity index (χ1v) is 5.69. The van der Waals surface area contributed by atoms with E-state index in [2.05, 4.69) is 26.0 Å². The van der Waals surface area contributed by atoms with Crippen LogP contribution in [0.3, 0.4) is 0 Å². The van der Waals surface area contributed by atoms with Crippen molar-refractivity contribution in [3.63, 3.8) is 0 Å². The normalized spacial score (nSPS) is 13.2. The third-order valence-electron chi connectivity index (χ3n) is 1.91. The summed E-state index contributed by atoms with van der Waals surface area (Å²) in [5.41, 5.74) is 0.490. The van der Waals surface area contributed by atoms with Gasteiger partial charge in [-0.2, -0.15) is 0 Å². The molecule has 3 N–H and O–H groups in total. The Kier molecular flexibility index (Phi) is 5.24. The van der Waals surface area contributed by atoms with E-state index in [0.29, 0.717) is 5.69 Å². The van der Waals surface area contributed by atoms with Crippen molar-refractivity contribution in [1.82, 2.24) is 0 Å². The molecule has 0 spiro atoms. The standard InChI is InChI=1S/C10H11BrF3NO3/c11-8-3-6(15-4-7(17)5-16)1-2-9(8)18-10(12,13)14/h1-3,7,15-17H,4-5H2/t7-/m0/s1. The fourth-order valence-corrected chi connectivity index (χ4v) is 1.58. The highest BCUT2D eigenvalue weighted by Crippen LogP contribution is 2.32. The second-order valence-corrected chi connectivity index (χ2v) is 4.26. The van der Waals surface area contributed by atoms with Crippen molar-refractivity contribution in [1.29, 1.82) is 0 Å². The monoisotopic (exact) mass is 329 g/mol. The van der Waals surface area contributed by atoms with Gasteiger partial charge in [-0.15, -0.1) is 13.2 Å². The lowest BCUT2D eigenvalue weighted by Gasteiger charge is -2.13. The van der Waals surface area contributed by atoms with Gasteiger partial charge in [0.1, 0.15) is 5.75 Å². The molecule has 0 aliphatic carbocycles. The van der Waals surface area contributed by atoms with Gasteiger partial charge in [-0.25, -0.2) is 0 Å². The third-order valence-corrected chi connectivity index (χ3v) is 2.53. The van der Waals surface area contributed by atoms with Crippen LogP contribution >= 0.6 is 15.9 Å². The van der Waals surface area contributed by atoms with Gasteiger partial charge in [0.15, 0.2) is 0 Å². The van der Waals surface area contributed by atoms with E-state index in [9.17, 15) is 13.2 Å². The number of benzene rings is 1. The molecule has 0 aromatic heterocycles. The molecule has 4 nitrogen and oxygen atoms in total. The summed E-state index contributed by atoms with van der Waals surface area (Å²) in [7, 11) is 0. The van der Waals surface area contributed by atoms with Crippen LogP contribution in [-0.2, 0) is 0 Å². The topological polar surface area (TPSA) is 61.7 Å². The van der Waals surface area contributed by atoms with Crippen LogP contribution in [0.25, 0.3) is 0 Å². The zero-order valence-electron chi connectivity index (χ0n) is 9.04. The number of anilines is 1. The van der Waals surface area contributed by atoms with Crippen molar-refractivity contribution in [3.8, 4) is 5.75 Å². The lowest BCUT2D eigenvalue weighted by Crippen LogP contribution is -2.23. The van der Waals surface area contributed by atoms with E-state index >= 15 is 0 Å². The third kappa shape index (κ3) is 5.11. The molecule has 0 bridgehead atoms. The van der Waals surface area contributed by atoms with E-state index in [-0.39, 0.29) is 16.8 Å². The van der Waals surface area contributed by atoms with Crippen molar-refractivity contribution in [3.05, 3.63) is 22.7 Å². The van der Waals surface area contributed by atoms with Crippen molar-refractivity contribution < 1.29 is 28.1 Å². The Morgan fingerprint density at radius 2 is 2.06 bits per heavy atom. The molecule has 1 aromatic rings. The van der Waals surface area contributed by atoms with E-state index < -0.39 is 19.1 Å². The molecule has 1 aromatic carbocycles. The molecule has 1 rings (SSSR count). The first-order valence-electron chi connectivity index (χ1n) is 4.90. The van der Waals surface area contributed by atoms with Crippen LogP contribution in [0.4, 0.5) is 18.9 Å². The molecular formula is C10H11BrF3NO3. The average molecular weight is 330 g/mol. The van der Waals surface area contributed by atoms with Gasteiger partial charge in [0.05, 0.1) is 17.2 Å². The Morgan fingerprint density at radius 1 is 1.39 bits per heavy atom. The highest BCUT2D eigenvalue weighted by molar-refractivity contribution is 9.10. The van der Waals surface area contributed by atoms with E-state index in [4.69, 9.17) is 10.2 Å². The number of aliphatic hydroxyl groups excluding tert-OH is 2. The van der Waals surface area contributed by atoms with E-state index in [1.165, 1.54) is 12.1 Å². The molecule has 0 saturated carbocycles. The number of halogens is 4. The predicted molar refractivity (Wildman–Crippen MR) is 62.4 cm³/mol. The van der Waals surface area contributed by atoms with E-state index in [1.807, 2.05) is 0 Å². The number of aliphatic hydroxyl groups is 2. The minimum atomic E-state index is -4.75. The lowest BCUT2D eigenvalue weighted by atomic mass is 10.3. The Bertz CT molecular complexity index is 400. The van der Waals surface area contributed by atoms with Crippen LogP contribution in [0.1, 0.15) is 0 Å². The summed E-state index contributed by atoms with van der Waals surface area (Å²) < 4.78 is 39.9. The van der Waals surface area contributed by atoms with Crippen LogP contribution in [-0.4, -0.2) is 35.8 Å². The quantitative estimate of drug-likeness (QED) is 0.774.